The second-order valence-electron chi connectivity index (χ2n) is 4.50. The maximum Gasteiger partial charge on any atom is 0.484 e. The Morgan fingerprint density at radius 3 is 1.95 bits per heavy atom. The first-order valence-electron chi connectivity index (χ1n) is 8.28. The summed E-state index contributed by atoms with van der Waals surface area (Å²) in [6.07, 6.45) is 2.39. The van der Waals surface area contributed by atoms with Crippen molar-refractivity contribution in [1.82, 2.24) is 0 Å². The van der Waals surface area contributed by atoms with E-state index in [1.807, 2.05) is 32.5 Å². The van der Waals surface area contributed by atoms with Gasteiger partial charge in [0.1, 0.15) is 0 Å². The molecule has 0 amide bonds. The highest BCUT2D eigenvalue weighted by Gasteiger charge is 2.11. The summed E-state index contributed by atoms with van der Waals surface area (Å²) in [6, 6.07) is 8.83. The first kappa shape index (κ1) is 21.7. The fourth-order valence-corrected chi connectivity index (χ4v) is 3.58. The van der Waals surface area contributed by atoms with Gasteiger partial charge in [0.05, 0.1) is 0 Å². The normalized spacial score (nSPS) is 10.5. The van der Waals surface area contributed by atoms with Crippen LogP contribution in [0, 0.1) is 0 Å². The van der Waals surface area contributed by atoms with Crippen LogP contribution in [0.25, 0.3) is 0 Å². The van der Waals surface area contributed by atoms with Crippen molar-refractivity contribution in [3.63, 3.8) is 0 Å². The van der Waals surface area contributed by atoms with Gasteiger partial charge >= 0.3 is 9.53 Å². The summed E-state index contributed by atoms with van der Waals surface area (Å²) in [5.41, 5.74) is 1.44. The molecular weight excluding hydrogens is 312 g/mol. The van der Waals surface area contributed by atoms with E-state index < -0.39 is 9.53 Å². The van der Waals surface area contributed by atoms with Gasteiger partial charge in [-0.15, -0.1) is 11.8 Å². The Labute approximate surface area is 142 Å². The molecule has 1 rings (SSSR count). The number of thioether (sulfide) groups is 1. The van der Waals surface area contributed by atoms with E-state index in [0.29, 0.717) is 19.8 Å². The van der Waals surface area contributed by atoms with Crippen molar-refractivity contribution in [2.24, 2.45) is 0 Å². The standard InChI is InChI=1S/C11H16S.C6H16O3Si/c1-3-8-12-11-7-5-6-10(4-2)9-11;1-4-7-10(8-5-2)9-6-3/h5-7,9H,3-4,8H2,1-2H3;10H,4-6H2,1-3H3. The Balaban J connectivity index is 0.000000409. The van der Waals surface area contributed by atoms with Crippen molar-refractivity contribution in [2.45, 2.75) is 52.4 Å². The average molecular weight is 345 g/mol. The average Bonchev–Trinajstić information content (AvgIpc) is 2.54. The molecule has 5 heteroatoms. The molecule has 0 heterocycles. The number of hydrogen-bond acceptors (Lipinski definition) is 4. The van der Waals surface area contributed by atoms with Gasteiger partial charge in [-0.3, -0.25) is 0 Å². The van der Waals surface area contributed by atoms with Crippen molar-refractivity contribution in [3.8, 4) is 0 Å². The summed E-state index contributed by atoms with van der Waals surface area (Å²) < 4.78 is 15.7. The molecule has 1 aromatic carbocycles. The lowest BCUT2D eigenvalue weighted by Crippen LogP contribution is -2.27. The lowest BCUT2D eigenvalue weighted by molar-refractivity contribution is 0.107. The first-order valence-corrected chi connectivity index (χ1v) is 10.7. The topological polar surface area (TPSA) is 27.7 Å². The molecule has 0 radical (unpaired) electrons. The first-order chi connectivity index (χ1) is 10.7. The number of rotatable bonds is 10. The Morgan fingerprint density at radius 2 is 1.50 bits per heavy atom. The van der Waals surface area contributed by atoms with Crippen molar-refractivity contribution < 1.29 is 13.3 Å². The summed E-state index contributed by atoms with van der Waals surface area (Å²) in [6.45, 7) is 12.3. The van der Waals surface area contributed by atoms with Gasteiger partial charge < -0.3 is 13.3 Å². The van der Waals surface area contributed by atoms with Crippen molar-refractivity contribution >= 4 is 21.3 Å². The zero-order valence-corrected chi connectivity index (χ0v) is 16.7. The monoisotopic (exact) mass is 344 g/mol. The molecule has 0 saturated heterocycles. The van der Waals surface area contributed by atoms with Gasteiger partial charge in [-0.1, -0.05) is 26.0 Å². The molecule has 0 spiro atoms. The Kier molecular flexibility index (Phi) is 15.3. The van der Waals surface area contributed by atoms with Gasteiger partial charge in [-0.25, -0.2) is 0 Å². The largest absolute Gasteiger partial charge is 0.484 e. The molecular formula is C17H32O3SSi. The fourth-order valence-electron chi connectivity index (χ4n) is 1.63. The van der Waals surface area contributed by atoms with Gasteiger partial charge in [-0.2, -0.15) is 0 Å². The van der Waals surface area contributed by atoms with Crippen LogP contribution in [-0.4, -0.2) is 35.1 Å². The molecule has 0 unspecified atom stereocenters. The molecule has 0 fully saturated rings. The molecule has 0 atom stereocenters. The van der Waals surface area contributed by atoms with Crippen molar-refractivity contribution in [1.29, 1.82) is 0 Å². The van der Waals surface area contributed by atoms with Crippen LogP contribution in [0.2, 0.25) is 0 Å². The minimum atomic E-state index is -1.73. The summed E-state index contributed by atoms with van der Waals surface area (Å²) in [4.78, 5) is 1.41. The molecule has 0 saturated carbocycles. The van der Waals surface area contributed by atoms with E-state index in [1.54, 1.807) is 0 Å². The third-order valence-electron chi connectivity index (χ3n) is 2.69. The Morgan fingerprint density at radius 1 is 0.909 bits per heavy atom. The zero-order valence-electron chi connectivity index (χ0n) is 14.8. The third kappa shape index (κ3) is 11.3. The zero-order chi connectivity index (χ0) is 16.6. The molecule has 0 aliphatic carbocycles. The fraction of sp³-hybridized carbons (Fsp3) is 0.647. The maximum absolute atomic E-state index is 5.22. The van der Waals surface area contributed by atoms with Crippen LogP contribution in [0.3, 0.4) is 0 Å². The maximum atomic E-state index is 5.22. The van der Waals surface area contributed by atoms with E-state index in [2.05, 4.69) is 38.1 Å². The molecule has 0 aromatic heterocycles. The highest BCUT2D eigenvalue weighted by atomic mass is 32.2. The summed E-state index contributed by atoms with van der Waals surface area (Å²) in [5.74, 6) is 1.23. The second-order valence-corrected chi connectivity index (χ2v) is 7.25. The third-order valence-corrected chi connectivity index (χ3v) is 5.70. The van der Waals surface area contributed by atoms with Gasteiger partial charge in [0.15, 0.2) is 0 Å². The van der Waals surface area contributed by atoms with E-state index in [1.165, 1.54) is 22.6 Å². The van der Waals surface area contributed by atoms with Crippen LogP contribution >= 0.6 is 11.8 Å². The van der Waals surface area contributed by atoms with Crippen LogP contribution < -0.4 is 0 Å². The lowest BCUT2D eigenvalue weighted by atomic mass is 10.2. The van der Waals surface area contributed by atoms with Crippen molar-refractivity contribution in [3.05, 3.63) is 29.8 Å². The molecule has 0 aliphatic rings. The van der Waals surface area contributed by atoms with Gasteiger partial charge in [0, 0.05) is 24.7 Å². The molecule has 22 heavy (non-hydrogen) atoms. The second kappa shape index (κ2) is 15.6. The van der Waals surface area contributed by atoms with Crippen LogP contribution in [0.1, 0.15) is 46.6 Å². The molecule has 3 nitrogen and oxygen atoms in total. The molecule has 0 aliphatic heterocycles. The van der Waals surface area contributed by atoms with E-state index in [4.69, 9.17) is 13.3 Å². The highest BCUT2D eigenvalue weighted by molar-refractivity contribution is 7.99. The lowest BCUT2D eigenvalue weighted by Gasteiger charge is -2.12. The number of aryl methyl sites for hydroxylation is 1. The SMILES string of the molecule is CCCSc1cccc(CC)c1.CCO[SiH](OCC)OCC. The van der Waals surface area contributed by atoms with Gasteiger partial charge in [0.25, 0.3) is 0 Å². The van der Waals surface area contributed by atoms with Crippen LogP contribution in [-0.2, 0) is 19.7 Å². The van der Waals surface area contributed by atoms with E-state index in [-0.39, 0.29) is 0 Å². The molecule has 1 aromatic rings. The predicted octanol–water partition coefficient (Wildman–Crippen LogP) is 4.56. The Bertz CT molecular complexity index is 349. The summed E-state index contributed by atoms with van der Waals surface area (Å²) in [5, 5.41) is 0. The molecule has 128 valence electrons. The van der Waals surface area contributed by atoms with E-state index in [9.17, 15) is 0 Å². The summed E-state index contributed by atoms with van der Waals surface area (Å²) >= 11 is 1.95. The van der Waals surface area contributed by atoms with Crippen LogP contribution in [0.4, 0.5) is 0 Å². The minimum absolute atomic E-state index is 0.677. The Hall–Kier alpha value is -0.333. The van der Waals surface area contributed by atoms with Crippen molar-refractivity contribution in [2.75, 3.05) is 25.6 Å². The molecule has 0 N–H and O–H groups in total. The van der Waals surface area contributed by atoms with E-state index >= 15 is 0 Å². The van der Waals surface area contributed by atoms with Gasteiger partial charge in [-0.05, 0) is 57.1 Å². The predicted molar refractivity (Wildman–Crippen MR) is 98.9 cm³/mol. The number of hydrogen-bond donors (Lipinski definition) is 0. The highest BCUT2D eigenvalue weighted by Crippen LogP contribution is 2.19. The molecule has 0 bridgehead atoms. The van der Waals surface area contributed by atoms with E-state index in [0.717, 1.165) is 6.42 Å². The van der Waals surface area contributed by atoms with Gasteiger partial charge in [0.2, 0.25) is 0 Å². The number of benzene rings is 1. The quantitative estimate of drug-likeness (QED) is 0.459. The smallest absolute Gasteiger partial charge is 0.376 e. The summed E-state index contributed by atoms with van der Waals surface area (Å²) in [7, 11) is -1.73. The van der Waals surface area contributed by atoms with Crippen LogP contribution in [0.5, 0.6) is 0 Å². The minimum Gasteiger partial charge on any atom is -0.376 e. The van der Waals surface area contributed by atoms with Crippen LogP contribution in [0.15, 0.2) is 29.2 Å².